The lowest BCUT2D eigenvalue weighted by Crippen LogP contribution is -2.20. The van der Waals surface area contributed by atoms with Crippen LogP contribution in [0.3, 0.4) is 0 Å². The first-order valence-corrected chi connectivity index (χ1v) is 6.15. The highest BCUT2D eigenvalue weighted by atomic mass is 32.1. The first kappa shape index (κ1) is 13.4. The zero-order chi connectivity index (χ0) is 12.1. The maximum absolute atomic E-state index is 5.27. The topological polar surface area (TPSA) is 12.5 Å². The zero-order valence-corrected chi connectivity index (χ0v) is 11.4. The molecule has 0 saturated heterocycles. The van der Waals surface area contributed by atoms with Gasteiger partial charge in [0.05, 0.1) is 7.11 Å². The number of ether oxygens (including phenoxy) is 1. The molecule has 0 saturated carbocycles. The van der Waals surface area contributed by atoms with E-state index in [-0.39, 0.29) is 0 Å². The van der Waals surface area contributed by atoms with Crippen LogP contribution in [0.1, 0.15) is 23.6 Å². The van der Waals surface area contributed by atoms with E-state index in [0.717, 1.165) is 17.9 Å². The summed E-state index contributed by atoms with van der Waals surface area (Å²) in [5, 5.41) is 0. The molecule has 1 aromatic rings. The van der Waals surface area contributed by atoms with Gasteiger partial charge in [-0.1, -0.05) is 12.1 Å². The van der Waals surface area contributed by atoms with Crippen molar-refractivity contribution in [2.45, 2.75) is 19.4 Å². The summed E-state index contributed by atoms with van der Waals surface area (Å²) in [7, 11) is 5.92. The van der Waals surface area contributed by atoms with Crippen LogP contribution in [0, 0.1) is 6.92 Å². The molecule has 0 N–H and O–H groups in total. The Morgan fingerprint density at radius 1 is 1.38 bits per heavy atom. The Hall–Kier alpha value is -0.670. The SMILES string of the molecule is COc1ccc(C(CCS)N(C)C)cc1C. The summed E-state index contributed by atoms with van der Waals surface area (Å²) in [6.07, 6.45) is 1.06. The molecule has 0 bridgehead atoms. The van der Waals surface area contributed by atoms with Gasteiger partial charge in [-0.25, -0.2) is 0 Å². The Morgan fingerprint density at radius 3 is 2.50 bits per heavy atom. The molecule has 3 heteroatoms. The highest BCUT2D eigenvalue weighted by molar-refractivity contribution is 7.80. The Kier molecular flexibility index (Phi) is 5.16. The third kappa shape index (κ3) is 3.16. The summed E-state index contributed by atoms with van der Waals surface area (Å²) in [4.78, 5) is 2.23. The predicted molar refractivity (Wildman–Crippen MR) is 72.6 cm³/mol. The number of benzene rings is 1. The monoisotopic (exact) mass is 239 g/mol. The Morgan fingerprint density at radius 2 is 2.06 bits per heavy atom. The molecule has 0 aromatic heterocycles. The molecule has 0 aliphatic rings. The van der Waals surface area contributed by atoms with Crippen LogP contribution in [0.2, 0.25) is 0 Å². The number of hydrogen-bond donors (Lipinski definition) is 1. The maximum Gasteiger partial charge on any atom is 0.121 e. The molecule has 1 unspecified atom stereocenters. The molecular weight excluding hydrogens is 218 g/mol. The summed E-state index contributed by atoms with van der Waals surface area (Å²) in [5.41, 5.74) is 2.52. The standard InChI is InChI=1S/C13H21NOS/c1-10-9-11(5-6-13(10)15-4)12(7-8-16)14(2)3/h5-6,9,12,16H,7-8H2,1-4H3. The highest BCUT2D eigenvalue weighted by Gasteiger charge is 2.14. The number of thiol groups is 1. The molecule has 1 rings (SSSR count). The fourth-order valence-corrected chi connectivity index (χ4v) is 2.20. The molecule has 0 heterocycles. The van der Waals surface area contributed by atoms with Gasteiger partial charge in [0.1, 0.15) is 5.75 Å². The molecule has 2 nitrogen and oxygen atoms in total. The molecule has 0 fully saturated rings. The molecule has 16 heavy (non-hydrogen) atoms. The second kappa shape index (κ2) is 6.16. The minimum atomic E-state index is 0.433. The van der Waals surface area contributed by atoms with Crippen molar-refractivity contribution in [3.8, 4) is 5.75 Å². The van der Waals surface area contributed by atoms with Gasteiger partial charge < -0.3 is 9.64 Å². The van der Waals surface area contributed by atoms with Crippen LogP contribution in [0.5, 0.6) is 5.75 Å². The van der Waals surface area contributed by atoms with E-state index >= 15 is 0 Å². The van der Waals surface area contributed by atoms with E-state index < -0.39 is 0 Å². The normalized spacial score (nSPS) is 12.9. The van der Waals surface area contributed by atoms with Gasteiger partial charge in [0.2, 0.25) is 0 Å². The lowest BCUT2D eigenvalue weighted by Gasteiger charge is -2.24. The number of rotatable bonds is 5. The summed E-state index contributed by atoms with van der Waals surface area (Å²) < 4.78 is 5.27. The summed E-state index contributed by atoms with van der Waals surface area (Å²) in [6.45, 7) is 2.08. The molecular formula is C13H21NOS. The van der Waals surface area contributed by atoms with E-state index in [1.54, 1.807) is 7.11 Å². The van der Waals surface area contributed by atoms with Crippen molar-refractivity contribution in [1.82, 2.24) is 4.90 Å². The number of aryl methyl sites for hydroxylation is 1. The molecule has 0 amide bonds. The smallest absolute Gasteiger partial charge is 0.121 e. The van der Waals surface area contributed by atoms with Crippen molar-refractivity contribution < 1.29 is 4.74 Å². The Bertz CT molecular complexity index is 339. The first-order chi connectivity index (χ1) is 7.60. The molecule has 1 aromatic carbocycles. The molecule has 0 spiro atoms. The van der Waals surface area contributed by atoms with Crippen LogP contribution in [-0.2, 0) is 0 Å². The molecule has 0 aliphatic carbocycles. The zero-order valence-electron chi connectivity index (χ0n) is 10.5. The minimum absolute atomic E-state index is 0.433. The summed E-state index contributed by atoms with van der Waals surface area (Å²) in [5.74, 6) is 1.85. The fraction of sp³-hybridized carbons (Fsp3) is 0.538. The summed E-state index contributed by atoms with van der Waals surface area (Å²) in [6, 6.07) is 6.81. The van der Waals surface area contributed by atoms with E-state index in [4.69, 9.17) is 4.74 Å². The number of nitrogens with zero attached hydrogens (tertiary/aromatic N) is 1. The van der Waals surface area contributed by atoms with Crippen LogP contribution in [0.25, 0.3) is 0 Å². The van der Waals surface area contributed by atoms with Crippen molar-refractivity contribution in [2.24, 2.45) is 0 Å². The van der Waals surface area contributed by atoms with E-state index in [1.165, 1.54) is 11.1 Å². The van der Waals surface area contributed by atoms with Crippen LogP contribution in [0.15, 0.2) is 18.2 Å². The molecule has 90 valence electrons. The second-order valence-corrected chi connectivity index (χ2v) is 4.67. The quantitative estimate of drug-likeness (QED) is 0.793. The van der Waals surface area contributed by atoms with Crippen LogP contribution in [0.4, 0.5) is 0 Å². The van der Waals surface area contributed by atoms with Gasteiger partial charge in [-0.3, -0.25) is 0 Å². The van der Waals surface area contributed by atoms with E-state index in [9.17, 15) is 0 Å². The van der Waals surface area contributed by atoms with E-state index in [1.807, 2.05) is 6.07 Å². The van der Waals surface area contributed by atoms with E-state index in [2.05, 4.69) is 50.7 Å². The van der Waals surface area contributed by atoms with Gasteiger partial charge in [-0.2, -0.15) is 12.6 Å². The molecule has 0 aliphatic heterocycles. The Labute approximate surface area is 104 Å². The third-order valence-electron chi connectivity index (χ3n) is 2.83. The van der Waals surface area contributed by atoms with Crippen LogP contribution >= 0.6 is 12.6 Å². The fourth-order valence-electron chi connectivity index (χ4n) is 1.95. The predicted octanol–water partition coefficient (Wildman–Crippen LogP) is 2.93. The Balaban J connectivity index is 2.97. The van der Waals surface area contributed by atoms with Gasteiger partial charge in [0.25, 0.3) is 0 Å². The van der Waals surface area contributed by atoms with Crippen molar-refractivity contribution in [2.75, 3.05) is 27.0 Å². The van der Waals surface area contributed by atoms with Gasteiger partial charge in [-0.05, 0) is 50.4 Å². The van der Waals surface area contributed by atoms with Crippen molar-refractivity contribution >= 4 is 12.6 Å². The number of methoxy groups -OCH3 is 1. The van der Waals surface area contributed by atoms with Gasteiger partial charge >= 0.3 is 0 Å². The molecule has 1 atom stereocenters. The summed E-state index contributed by atoms with van der Waals surface area (Å²) >= 11 is 4.32. The van der Waals surface area contributed by atoms with Crippen LogP contribution in [-0.4, -0.2) is 31.9 Å². The highest BCUT2D eigenvalue weighted by Crippen LogP contribution is 2.27. The number of hydrogen-bond acceptors (Lipinski definition) is 3. The maximum atomic E-state index is 5.27. The van der Waals surface area contributed by atoms with Crippen molar-refractivity contribution in [3.05, 3.63) is 29.3 Å². The average Bonchev–Trinajstić information content (AvgIpc) is 2.25. The van der Waals surface area contributed by atoms with Crippen molar-refractivity contribution in [1.29, 1.82) is 0 Å². The molecule has 0 radical (unpaired) electrons. The minimum Gasteiger partial charge on any atom is -0.496 e. The van der Waals surface area contributed by atoms with Crippen molar-refractivity contribution in [3.63, 3.8) is 0 Å². The lowest BCUT2D eigenvalue weighted by atomic mass is 10.0. The first-order valence-electron chi connectivity index (χ1n) is 5.52. The lowest BCUT2D eigenvalue weighted by molar-refractivity contribution is 0.293. The average molecular weight is 239 g/mol. The van der Waals surface area contributed by atoms with E-state index in [0.29, 0.717) is 6.04 Å². The van der Waals surface area contributed by atoms with Gasteiger partial charge in [0.15, 0.2) is 0 Å². The second-order valence-electron chi connectivity index (χ2n) is 4.22. The largest absolute Gasteiger partial charge is 0.496 e. The van der Waals surface area contributed by atoms with Gasteiger partial charge in [-0.15, -0.1) is 0 Å². The van der Waals surface area contributed by atoms with Crippen LogP contribution < -0.4 is 4.74 Å². The third-order valence-corrected chi connectivity index (χ3v) is 3.09. The van der Waals surface area contributed by atoms with Gasteiger partial charge in [0, 0.05) is 6.04 Å².